The zero-order valence-corrected chi connectivity index (χ0v) is 21.9. The Morgan fingerprint density at radius 2 is 1.72 bits per heavy atom. The molecule has 0 bridgehead atoms. The number of aromatic nitrogens is 1. The zero-order valence-electron chi connectivity index (χ0n) is 21.1. The number of aliphatic carboxylic acids is 1. The lowest BCUT2D eigenvalue weighted by Crippen LogP contribution is -2.38. The van der Waals surface area contributed by atoms with Crippen molar-refractivity contribution in [2.45, 2.75) is 65.2 Å². The van der Waals surface area contributed by atoms with Crippen LogP contribution in [0.2, 0.25) is 0 Å². The van der Waals surface area contributed by atoms with E-state index in [1.54, 1.807) is 18.2 Å². The number of nitrogens with zero attached hydrogens (tertiary/aromatic N) is 1. The van der Waals surface area contributed by atoms with Crippen LogP contribution in [-0.4, -0.2) is 28.3 Å². The van der Waals surface area contributed by atoms with Gasteiger partial charge in [-0.25, -0.2) is 9.78 Å². The standard InChI is InChI=1S/C27H30F3NO4S/c1-15(2)22-23(36-24(31-22)18-7-9-19(10-8-18)27(28,29)30)17(4)14-34-20-11-12-21(16(3)13-20)35-26(5,6)25(32)33/h7-13,15,17H,14H2,1-6H3,(H,32,33). The number of thiazole rings is 1. The highest BCUT2D eigenvalue weighted by molar-refractivity contribution is 7.15. The summed E-state index contributed by atoms with van der Waals surface area (Å²) in [5.41, 5.74) is 0.254. The van der Waals surface area contributed by atoms with Gasteiger partial charge in [0.05, 0.1) is 17.9 Å². The molecule has 36 heavy (non-hydrogen) atoms. The van der Waals surface area contributed by atoms with Gasteiger partial charge < -0.3 is 14.6 Å². The quantitative estimate of drug-likeness (QED) is 0.313. The van der Waals surface area contributed by atoms with Crippen LogP contribution >= 0.6 is 11.3 Å². The minimum Gasteiger partial charge on any atom is -0.493 e. The van der Waals surface area contributed by atoms with Crippen LogP contribution in [0.1, 0.15) is 68.2 Å². The summed E-state index contributed by atoms with van der Waals surface area (Å²) in [7, 11) is 0. The molecule has 0 amide bonds. The molecule has 0 saturated heterocycles. The molecule has 1 unspecified atom stereocenters. The Morgan fingerprint density at radius 3 is 2.25 bits per heavy atom. The van der Waals surface area contributed by atoms with Crippen molar-refractivity contribution >= 4 is 17.3 Å². The van der Waals surface area contributed by atoms with E-state index in [9.17, 15) is 23.1 Å². The fraction of sp³-hybridized carbons (Fsp3) is 0.407. The Hall–Kier alpha value is -3.07. The first-order chi connectivity index (χ1) is 16.7. The predicted molar refractivity (Wildman–Crippen MR) is 134 cm³/mol. The molecule has 0 aliphatic heterocycles. The Kier molecular flexibility index (Phi) is 8.03. The number of ether oxygens (including phenoxy) is 2. The van der Waals surface area contributed by atoms with Gasteiger partial charge in [0.15, 0.2) is 5.60 Å². The minimum absolute atomic E-state index is 0.00900. The number of hydrogen-bond acceptors (Lipinski definition) is 5. The average molecular weight is 522 g/mol. The summed E-state index contributed by atoms with van der Waals surface area (Å²) in [6.07, 6.45) is -4.38. The summed E-state index contributed by atoms with van der Waals surface area (Å²) in [6.45, 7) is 11.2. The molecule has 0 aliphatic carbocycles. The molecule has 1 aromatic heterocycles. The summed E-state index contributed by atoms with van der Waals surface area (Å²) in [5, 5.41) is 9.96. The molecule has 1 heterocycles. The number of benzene rings is 2. The second kappa shape index (κ2) is 10.5. The van der Waals surface area contributed by atoms with E-state index in [-0.39, 0.29) is 11.8 Å². The smallest absolute Gasteiger partial charge is 0.416 e. The van der Waals surface area contributed by atoms with Gasteiger partial charge in [0.2, 0.25) is 0 Å². The van der Waals surface area contributed by atoms with E-state index in [1.807, 2.05) is 27.7 Å². The first-order valence-corrected chi connectivity index (χ1v) is 12.3. The van der Waals surface area contributed by atoms with Gasteiger partial charge in [-0.1, -0.05) is 32.9 Å². The summed E-state index contributed by atoms with van der Waals surface area (Å²) in [6, 6.07) is 10.3. The van der Waals surface area contributed by atoms with Crippen molar-refractivity contribution in [2.75, 3.05) is 6.61 Å². The van der Waals surface area contributed by atoms with E-state index < -0.39 is 23.3 Å². The summed E-state index contributed by atoms with van der Waals surface area (Å²) in [4.78, 5) is 17.1. The van der Waals surface area contributed by atoms with E-state index in [0.29, 0.717) is 28.7 Å². The maximum Gasteiger partial charge on any atom is 0.416 e. The molecule has 5 nitrogen and oxygen atoms in total. The average Bonchev–Trinajstić information content (AvgIpc) is 3.24. The van der Waals surface area contributed by atoms with Crippen molar-refractivity contribution in [2.24, 2.45) is 0 Å². The highest BCUT2D eigenvalue weighted by atomic mass is 32.1. The van der Waals surface area contributed by atoms with Gasteiger partial charge in [-0.05, 0) is 62.6 Å². The molecule has 0 fully saturated rings. The number of alkyl halides is 3. The second-order valence-corrected chi connectivity index (χ2v) is 10.6. The van der Waals surface area contributed by atoms with Gasteiger partial charge in [-0.3, -0.25) is 0 Å². The number of halogens is 3. The van der Waals surface area contributed by atoms with Crippen LogP contribution in [-0.2, 0) is 11.0 Å². The Morgan fingerprint density at radius 1 is 1.08 bits per heavy atom. The third-order valence-corrected chi connectivity index (χ3v) is 7.01. The normalized spacial score (nSPS) is 13.1. The highest BCUT2D eigenvalue weighted by Gasteiger charge is 2.31. The van der Waals surface area contributed by atoms with Crippen molar-refractivity contribution < 1.29 is 32.5 Å². The summed E-state index contributed by atoms with van der Waals surface area (Å²) in [5.74, 6) is 0.160. The molecule has 9 heteroatoms. The largest absolute Gasteiger partial charge is 0.493 e. The lowest BCUT2D eigenvalue weighted by Gasteiger charge is -2.23. The van der Waals surface area contributed by atoms with E-state index in [2.05, 4.69) is 0 Å². The van der Waals surface area contributed by atoms with E-state index in [1.165, 1.54) is 37.3 Å². The van der Waals surface area contributed by atoms with Crippen LogP contribution in [0.25, 0.3) is 10.6 Å². The van der Waals surface area contributed by atoms with Crippen molar-refractivity contribution in [3.05, 3.63) is 64.2 Å². The molecule has 0 spiro atoms. The van der Waals surface area contributed by atoms with Gasteiger partial charge in [0.1, 0.15) is 16.5 Å². The number of carboxylic acid groups (broad SMARTS) is 1. The molecule has 3 aromatic rings. The lowest BCUT2D eigenvalue weighted by atomic mass is 10.0. The number of hydrogen-bond donors (Lipinski definition) is 1. The first-order valence-electron chi connectivity index (χ1n) is 11.5. The van der Waals surface area contributed by atoms with Crippen molar-refractivity contribution in [1.29, 1.82) is 0 Å². The number of rotatable bonds is 9. The monoisotopic (exact) mass is 521 g/mol. The predicted octanol–water partition coefficient (Wildman–Crippen LogP) is 7.69. The van der Waals surface area contributed by atoms with Crippen LogP contribution in [0.5, 0.6) is 11.5 Å². The maximum atomic E-state index is 12.9. The van der Waals surface area contributed by atoms with Crippen LogP contribution in [0.3, 0.4) is 0 Å². The second-order valence-electron chi connectivity index (χ2n) is 9.56. The minimum atomic E-state index is -4.38. The maximum absolute atomic E-state index is 12.9. The number of carboxylic acids is 1. The summed E-state index contributed by atoms with van der Waals surface area (Å²) >= 11 is 1.46. The van der Waals surface area contributed by atoms with Crippen molar-refractivity contribution in [3.63, 3.8) is 0 Å². The van der Waals surface area contributed by atoms with Gasteiger partial charge >= 0.3 is 12.1 Å². The van der Waals surface area contributed by atoms with Crippen LogP contribution in [0.4, 0.5) is 13.2 Å². The molecule has 194 valence electrons. The molecule has 0 aliphatic rings. The van der Waals surface area contributed by atoms with Gasteiger partial charge in [-0.2, -0.15) is 13.2 Å². The summed E-state index contributed by atoms with van der Waals surface area (Å²) < 4.78 is 50.4. The third kappa shape index (κ3) is 6.37. The molecule has 1 atom stereocenters. The van der Waals surface area contributed by atoms with E-state index in [4.69, 9.17) is 14.5 Å². The molecule has 3 rings (SSSR count). The molecule has 0 saturated carbocycles. The van der Waals surface area contributed by atoms with Gasteiger partial charge in [-0.15, -0.1) is 11.3 Å². The van der Waals surface area contributed by atoms with Crippen molar-refractivity contribution in [1.82, 2.24) is 4.98 Å². The van der Waals surface area contributed by atoms with Crippen molar-refractivity contribution in [3.8, 4) is 22.1 Å². The Bertz CT molecular complexity index is 1220. The number of aryl methyl sites for hydroxylation is 1. The lowest BCUT2D eigenvalue weighted by molar-refractivity contribution is -0.152. The Labute approximate surface area is 212 Å². The fourth-order valence-corrected chi connectivity index (χ4v) is 4.74. The molecule has 1 N–H and O–H groups in total. The SMILES string of the molecule is Cc1cc(OCC(C)c2sc(-c3ccc(C(F)(F)F)cc3)nc2C(C)C)ccc1OC(C)(C)C(=O)O. The van der Waals surface area contributed by atoms with Crippen LogP contribution in [0, 0.1) is 6.92 Å². The Balaban J connectivity index is 1.75. The fourth-order valence-electron chi connectivity index (χ4n) is 3.48. The first kappa shape index (κ1) is 27.5. The molecular formula is C27H30F3NO4S. The number of carbonyl (C=O) groups is 1. The van der Waals surface area contributed by atoms with E-state index in [0.717, 1.165) is 28.3 Å². The molecular weight excluding hydrogens is 491 g/mol. The highest BCUT2D eigenvalue weighted by Crippen LogP contribution is 2.38. The van der Waals surface area contributed by atoms with Crippen LogP contribution in [0.15, 0.2) is 42.5 Å². The van der Waals surface area contributed by atoms with Gasteiger partial charge in [0.25, 0.3) is 0 Å². The van der Waals surface area contributed by atoms with E-state index >= 15 is 0 Å². The topological polar surface area (TPSA) is 68.7 Å². The molecule has 2 aromatic carbocycles. The molecule has 0 radical (unpaired) electrons. The van der Waals surface area contributed by atoms with Gasteiger partial charge in [0, 0.05) is 16.4 Å². The zero-order chi connectivity index (χ0) is 26.8. The third-order valence-electron chi connectivity index (χ3n) is 5.66. The van der Waals surface area contributed by atoms with Crippen LogP contribution < -0.4 is 9.47 Å².